The number of hydrogen-bond donors (Lipinski definition) is 0. The van der Waals surface area contributed by atoms with Crippen molar-refractivity contribution in [2.75, 3.05) is 0 Å². The van der Waals surface area contributed by atoms with Gasteiger partial charge in [-0.25, -0.2) is 0 Å². The summed E-state index contributed by atoms with van der Waals surface area (Å²) < 4.78 is 12.0. The van der Waals surface area contributed by atoms with Gasteiger partial charge in [0.25, 0.3) is 0 Å². The fraction of sp³-hybridized carbons (Fsp3) is 0.111. The van der Waals surface area contributed by atoms with E-state index in [-0.39, 0.29) is 12.2 Å². The molecule has 0 spiro atoms. The predicted octanol–water partition coefficient (Wildman–Crippen LogP) is 9.43. The third kappa shape index (κ3) is 5.39. The van der Waals surface area contributed by atoms with Gasteiger partial charge in [0, 0.05) is 38.0 Å². The zero-order valence-electron chi connectivity index (χ0n) is 12.7. The first-order chi connectivity index (χ1) is 11.8. The van der Waals surface area contributed by atoms with Crippen LogP contribution in [0.5, 0.6) is 0 Å². The van der Waals surface area contributed by atoms with E-state index in [0.717, 1.165) is 38.0 Å². The molecule has 0 bridgehead atoms. The molecule has 0 aliphatic rings. The summed E-state index contributed by atoms with van der Waals surface area (Å²) in [6, 6.07) is 7.92. The number of hydrogen-bond acceptors (Lipinski definition) is 1. The number of halogens is 6. The van der Waals surface area contributed by atoms with Gasteiger partial charge in [-0.1, -0.05) is 108 Å². The Hall–Kier alpha value is 0.760. The van der Waals surface area contributed by atoms with Gasteiger partial charge in [0.05, 0.1) is 0 Å². The second kappa shape index (κ2) is 9.80. The van der Waals surface area contributed by atoms with E-state index in [1.54, 1.807) is 12.2 Å². The van der Waals surface area contributed by atoms with E-state index < -0.39 is 0 Å². The molecule has 0 aromatic heterocycles. The van der Waals surface area contributed by atoms with Crippen LogP contribution < -0.4 is 0 Å². The minimum Gasteiger partial charge on any atom is -0.357 e. The highest BCUT2D eigenvalue weighted by Gasteiger charge is 2.23. The van der Waals surface area contributed by atoms with Gasteiger partial charge in [-0.05, 0) is 24.3 Å². The van der Waals surface area contributed by atoms with Crippen LogP contribution in [0.1, 0.15) is 23.3 Å². The topological polar surface area (TPSA) is 9.23 Å². The minimum atomic E-state index is -0.331. The third-order valence-electron chi connectivity index (χ3n) is 3.38. The summed E-state index contributed by atoms with van der Waals surface area (Å²) in [7, 11) is 0. The monoisotopic (exact) mass is 718 g/mol. The van der Waals surface area contributed by atoms with Crippen molar-refractivity contribution in [1.29, 1.82) is 0 Å². The fourth-order valence-corrected chi connectivity index (χ4v) is 7.71. The molecule has 0 amide bonds. The van der Waals surface area contributed by atoms with Crippen LogP contribution in [0.3, 0.4) is 0 Å². The van der Waals surface area contributed by atoms with Crippen molar-refractivity contribution in [3.8, 4) is 0 Å². The number of ether oxygens (including phenoxy) is 1. The smallest absolute Gasteiger partial charge is 0.104 e. The van der Waals surface area contributed by atoms with Crippen molar-refractivity contribution >= 4 is 95.6 Å². The summed E-state index contributed by atoms with van der Waals surface area (Å²) in [5.41, 5.74) is 1.93. The Kier molecular flexibility index (Phi) is 8.65. The van der Waals surface area contributed by atoms with Gasteiger partial charge in [0.15, 0.2) is 0 Å². The van der Waals surface area contributed by atoms with Crippen molar-refractivity contribution < 1.29 is 4.74 Å². The second-order valence-electron chi connectivity index (χ2n) is 5.01. The maximum Gasteiger partial charge on any atom is 0.104 e. The average molecular weight is 724 g/mol. The molecule has 0 saturated heterocycles. The Morgan fingerprint density at radius 3 is 1.16 bits per heavy atom. The molecule has 7 heteroatoms. The largest absolute Gasteiger partial charge is 0.357 e. The summed E-state index contributed by atoms with van der Waals surface area (Å²) in [4.78, 5) is 0. The number of benzene rings is 2. The van der Waals surface area contributed by atoms with Crippen LogP contribution in [0.4, 0.5) is 0 Å². The molecule has 0 N–H and O–H groups in total. The van der Waals surface area contributed by atoms with E-state index in [9.17, 15) is 0 Å². The van der Waals surface area contributed by atoms with E-state index in [2.05, 4.69) is 109 Å². The van der Waals surface area contributed by atoms with Gasteiger partial charge in [0.2, 0.25) is 0 Å². The molecule has 132 valence electrons. The molecule has 0 radical (unpaired) electrons. The first-order valence-electron chi connectivity index (χ1n) is 6.98. The lowest BCUT2D eigenvalue weighted by atomic mass is 10.1. The molecule has 0 aliphatic carbocycles. The Labute approximate surface area is 198 Å². The molecule has 25 heavy (non-hydrogen) atoms. The van der Waals surface area contributed by atoms with Crippen molar-refractivity contribution in [2.24, 2.45) is 0 Å². The molecular formula is C18H12Br6O. The zero-order valence-corrected chi connectivity index (χ0v) is 22.2. The highest BCUT2D eigenvalue weighted by atomic mass is 79.9. The highest BCUT2D eigenvalue weighted by molar-refractivity contribution is 9.12. The van der Waals surface area contributed by atoms with Crippen LogP contribution in [0.15, 0.2) is 76.4 Å². The molecule has 0 aliphatic heterocycles. The summed E-state index contributed by atoms with van der Waals surface area (Å²) in [5, 5.41) is 0. The zero-order chi connectivity index (χ0) is 18.7. The van der Waals surface area contributed by atoms with Crippen molar-refractivity contribution in [3.05, 3.63) is 87.5 Å². The molecule has 2 rings (SSSR count). The molecule has 0 saturated carbocycles. The fourth-order valence-electron chi connectivity index (χ4n) is 2.29. The maximum absolute atomic E-state index is 6.34. The van der Waals surface area contributed by atoms with Gasteiger partial charge < -0.3 is 4.74 Å². The van der Waals surface area contributed by atoms with Crippen molar-refractivity contribution in [2.45, 2.75) is 12.2 Å². The van der Waals surface area contributed by atoms with E-state index in [0.29, 0.717) is 0 Å². The average Bonchev–Trinajstić information content (AvgIpc) is 2.50. The molecule has 2 aromatic carbocycles. The molecule has 0 heterocycles. The summed E-state index contributed by atoms with van der Waals surface area (Å²) in [6.07, 6.45) is 2.89. The Morgan fingerprint density at radius 1 is 0.640 bits per heavy atom. The van der Waals surface area contributed by atoms with Crippen LogP contribution in [0, 0.1) is 0 Å². The molecule has 2 atom stereocenters. The molecule has 0 fully saturated rings. The Bertz CT molecular complexity index is 704. The summed E-state index contributed by atoms with van der Waals surface area (Å²) >= 11 is 21.4. The lowest BCUT2D eigenvalue weighted by Crippen LogP contribution is -2.09. The molecule has 1 nitrogen and oxygen atoms in total. The van der Waals surface area contributed by atoms with E-state index in [4.69, 9.17) is 4.74 Å². The van der Waals surface area contributed by atoms with E-state index in [1.807, 2.05) is 24.3 Å². The van der Waals surface area contributed by atoms with Crippen LogP contribution in [0.2, 0.25) is 0 Å². The second-order valence-corrected chi connectivity index (χ2v) is 10.3. The normalized spacial score (nSPS) is 13.4. The minimum absolute atomic E-state index is 0.331. The SMILES string of the molecule is C=CC(OC(C=C)c1c(Br)cc(Br)cc1Br)c1c(Br)cc(Br)cc1Br. The highest BCUT2D eigenvalue weighted by Crippen LogP contribution is 2.42. The van der Waals surface area contributed by atoms with E-state index >= 15 is 0 Å². The van der Waals surface area contributed by atoms with Crippen molar-refractivity contribution in [3.63, 3.8) is 0 Å². The van der Waals surface area contributed by atoms with Gasteiger partial charge in [0.1, 0.15) is 12.2 Å². The van der Waals surface area contributed by atoms with Gasteiger partial charge in [-0.15, -0.1) is 13.2 Å². The van der Waals surface area contributed by atoms with E-state index in [1.165, 1.54) is 0 Å². The lowest BCUT2D eigenvalue weighted by molar-refractivity contribution is 0.0387. The Balaban J connectivity index is 2.44. The standard InChI is InChI=1S/C18H12Br6O/c1-3-15(17-11(21)5-9(19)6-12(17)22)25-16(4-2)18-13(23)7-10(20)8-14(18)24/h3-8,15-16H,1-2H2. The van der Waals surface area contributed by atoms with Gasteiger partial charge in [-0.2, -0.15) is 0 Å². The van der Waals surface area contributed by atoms with Crippen LogP contribution in [-0.2, 0) is 4.74 Å². The quantitative estimate of drug-likeness (QED) is 0.270. The maximum atomic E-state index is 6.34. The Morgan fingerprint density at radius 2 is 0.920 bits per heavy atom. The summed E-state index contributed by atoms with van der Waals surface area (Å²) in [5.74, 6) is 0. The first kappa shape index (κ1) is 22.1. The third-order valence-corrected chi connectivity index (χ3v) is 6.92. The first-order valence-corrected chi connectivity index (χ1v) is 11.7. The summed E-state index contributed by atoms with van der Waals surface area (Å²) in [6.45, 7) is 7.88. The molecule has 2 aromatic rings. The number of rotatable bonds is 6. The van der Waals surface area contributed by atoms with Crippen LogP contribution in [-0.4, -0.2) is 0 Å². The van der Waals surface area contributed by atoms with Gasteiger partial charge >= 0.3 is 0 Å². The van der Waals surface area contributed by atoms with Crippen LogP contribution >= 0.6 is 95.6 Å². The van der Waals surface area contributed by atoms with Gasteiger partial charge in [-0.3, -0.25) is 0 Å². The van der Waals surface area contributed by atoms with Crippen molar-refractivity contribution in [1.82, 2.24) is 0 Å². The molecular weight excluding hydrogens is 712 g/mol. The predicted molar refractivity (Wildman–Crippen MR) is 126 cm³/mol. The lowest BCUT2D eigenvalue weighted by Gasteiger charge is -2.24. The van der Waals surface area contributed by atoms with Crippen LogP contribution in [0.25, 0.3) is 0 Å². The molecule has 2 unspecified atom stereocenters.